The lowest BCUT2D eigenvalue weighted by Crippen LogP contribution is -2.58. The SMILES string of the molecule is CCN1CCCC(CN)(N(C)C(C)C(C)(C)C)CC1. The normalized spacial score (nSPS) is 28.4. The minimum absolute atomic E-state index is 0.191. The summed E-state index contributed by atoms with van der Waals surface area (Å²) in [4.78, 5) is 5.14. The van der Waals surface area contributed by atoms with Crippen LogP contribution in [0.2, 0.25) is 0 Å². The third kappa shape index (κ3) is 3.93. The number of rotatable bonds is 4. The lowest BCUT2D eigenvalue weighted by Gasteiger charge is -2.48. The Balaban J connectivity index is 2.85. The van der Waals surface area contributed by atoms with Crippen LogP contribution in [0.15, 0.2) is 0 Å². The molecule has 0 saturated carbocycles. The molecule has 0 aromatic heterocycles. The van der Waals surface area contributed by atoms with E-state index in [1.54, 1.807) is 0 Å². The van der Waals surface area contributed by atoms with E-state index in [1.807, 2.05) is 0 Å². The maximum absolute atomic E-state index is 6.22. The Hall–Kier alpha value is -0.120. The predicted molar refractivity (Wildman–Crippen MR) is 84.4 cm³/mol. The van der Waals surface area contributed by atoms with Gasteiger partial charge in [-0.15, -0.1) is 0 Å². The van der Waals surface area contributed by atoms with Crippen LogP contribution in [-0.2, 0) is 0 Å². The van der Waals surface area contributed by atoms with Crippen molar-refractivity contribution in [1.29, 1.82) is 0 Å². The standard InChI is InChI=1S/C16H35N3/c1-7-19-11-8-9-16(13-17,10-12-19)18(6)14(2)15(3,4)5/h14H,7-13,17H2,1-6H3. The number of hydrogen-bond acceptors (Lipinski definition) is 3. The van der Waals surface area contributed by atoms with Gasteiger partial charge in [0, 0.05) is 18.1 Å². The molecule has 0 spiro atoms. The van der Waals surface area contributed by atoms with Crippen LogP contribution in [-0.4, -0.2) is 54.6 Å². The molecule has 0 aliphatic carbocycles. The molecule has 19 heavy (non-hydrogen) atoms. The molecule has 1 aliphatic heterocycles. The second-order valence-electron chi connectivity index (χ2n) is 7.37. The van der Waals surface area contributed by atoms with Gasteiger partial charge < -0.3 is 10.6 Å². The first-order valence-corrected chi connectivity index (χ1v) is 7.92. The maximum atomic E-state index is 6.22. The van der Waals surface area contributed by atoms with E-state index in [1.165, 1.54) is 38.9 Å². The molecule has 2 N–H and O–H groups in total. The van der Waals surface area contributed by atoms with E-state index in [4.69, 9.17) is 5.73 Å². The van der Waals surface area contributed by atoms with Gasteiger partial charge in [-0.2, -0.15) is 0 Å². The summed E-state index contributed by atoms with van der Waals surface area (Å²) in [6, 6.07) is 0.546. The van der Waals surface area contributed by atoms with Gasteiger partial charge in [-0.05, 0) is 58.3 Å². The van der Waals surface area contributed by atoms with Crippen LogP contribution in [0, 0.1) is 5.41 Å². The number of hydrogen-bond donors (Lipinski definition) is 1. The molecule has 1 heterocycles. The zero-order valence-corrected chi connectivity index (χ0v) is 14.0. The van der Waals surface area contributed by atoms with Crippen LogP contribution in [0.5, 0.6) is 0 Å². The van der Waals surface area contributed by atoms with Gasteiger partial charge >= 0.3 is 0 Å². The van der Waals surface area contributed by atoms with Crippen molar-refractivity contribution in [2.24, 2.45) is 11.1 Å². The average molecular weight is 269 g/mol. The molecule has 0 aromatic carbocycles. The molecule has 1 aliphatic rings. The molecule has 3 heteroatoms. The number of nitrogens with zero attached hydrogens (tertiary/aromatic N) is 2. The molecule has 0 radical (unpaired) electrons. The van der Waals surface area contributed by atoms with Crippen molar-refractivity contribution in [3.63, 3.8) is 0 Å². The second-order valence-corrected chi connectivity index (χ2v) is 7.37. The summed E-state index contributed by atoms with van der Waals surface area (Å²) in [5.41, 5.74) is 6.71. The summed E-state index contributed by atoms with van der Waals surface area (Å²) >= 11 is 0. The van der Waals surface area contributed by atoms with Crippen LogP contribution >= 0.6 is 0 Å². The van der Waals surface area contributed by atoms with Gasteiger partial charge in [0.15, 0.2) is 0 Å². The van der Waals surface area contributed by atoms with Gasteiger partial charge in [0.2, 0.25) is 0 Å². The highest BCUT2D eigenvalue weighted by atomic mass is 15.2. The fraction of sp³-hybridized carbons (Fsp3) is 1.00. The van der Waals surface area contributed by atoms with Crippen molar-refractivity contribution in [2.45, 2.75) is 65.5 Å². The Labute approximate surface area is 120 Å². The quantitative estimate of drug-likeness (QED) is 0.851. The van der Waals surface area contributed by atoms with Gasteiger partial charge in [-0.3, -0.25) is 4.90 Å². The average Bonchev–Trinajstić information content (AvgIpc) is 2.58. The first kappa shape index (κ1) is 16.9. The minimum Gasteiger partial charge on any atom is -0.329 e. The van der Waals surface area contributed by atoms with Crippen LogP contribution < -0.4 is 5.73 Å². The van der Waals surface area contributed by atoms with E-state index in [0.29, 0.717) is 11.5 Å². The van der Waals surface area contributed by atoms with Gasteiger partial charge in [0.1, 0.15) is 0 Å². The number of likely N-dealkylation sites (tertiary alicyclic amines) is 1. The minimum atomic E-state index is 0.191. The summed E-state index contributed by atoms with van der Waals surface area (Å²) < 4.78 is 0. The van der Waals surface area contributed by atoms with Gasteiger partial charge in [-0.25, -0.2) is 0 Å². The third-order valence-electron chi connectivity index (χ3n) is 5.42. The fourth-order valence-electron chi connectivity index (χ4n) is 3.24. The van der Waals surface area contributed by atoms with Gasteiger partial charge in [0.25, 0.3) is 0 Å². The van der Waals surface area contributed by atoms with Crippen molar-refractivity contribution in [3.8, 4) is 0 Å². The monoisotopic (exact) mass is 269 g/mol. The summed E-state index contributed by atoms with van der Waals surface area (Å²) in [7, 11) is 2.28. The van der Waals surface area contributed by atoms with Crippen LogP contribution in [0.25, 0.3) is 0 Å². The highest BCUT2D eigenvalue weighted by Gasteiger charge is 2.39. The van der Waals surface area contributed by atoms with Crippen molar-refractivity contribution in [3.05, 3.63) is 0 Å². The van der Waals surface area contributed by atoms with Gasteiger partial charge in [0.05, 0.1) is 0 Å². The summed E-state index contributed by atoms with van der Waals surface area (Å²) in [5, 5.41) is 0. The number of likely N-dealkylation sites (N-methyl/N-ethyl adjacent to an activating group) is 1. The first-order chi connectivity index (χ1) is 8.77. The van der Waals surface area contributed by atoms with E-state index in [0.717, 1.165) is 6.54 Å². The van der Waals surface area contributed by atoms with E-state index in [2.05, 4.69) is 51.5 Å². The Bertz CT molecular complexity index is 272. The lowest BCUT2D eigenvalue weighted by molar-refractivity contribution is 0.0217. The summed E-state index contributed by atoms with van der Waals surface area (Å²) in [6.07, 6.45) is 3.71. The second kappa shape index (κ2) is 6.55. The molecular formula is C16H35N3. The van der Waals surface area contributed by atoms with Crippen LogP contribution in [0.4, 0.5) is 0 Å². The maximum Gasteiger partial charge on any atom is 0.0344 e. The van der Waals surface area contributed by atoms with Gasteiger partial charge in [-0.1, -0.05) is 27.7 Å². The first-order valence-electron chi connectivity index (χ1n) is 7.92. The molecule has 2 atom stereocenters. The van der Waals surface area contributed by atoms with Crippen LogP contribution in [0.3, 0.4) is 0 Å². The topological polar surface area (TPSA) is 32.5 Å². The molecule has 1 fully saturated rings. The van der Waals surface area contributed by atoms with E-state index in [-0.39, 0.29) is 5.54 Å². The van der Waals surface area contributed by atoms with E-state index < -0.39 is 0 Å². The molecular weight excluding hydrogens is 234 g/mol. The Morgan fingerprint density at radius 2 is 1.89 bits per heavy atom. The Morgan fingerprint density at radius 1 is 1.26 bits per heavy atom. The number of nitrogens with two attached hydrogens (primary N) is 1. The highest BCUT2D eigenvalue weighted by Crippen LogP contribution is 2.34. The van der Waals surface area contributed by atoms with Crippen LogP contribution in [0.1, 0.15) is 53.9 Å². The van der Waals surface area contributed by atoms with Crippen molar-refractivity contribution in [1.82, 2.24) is 9.80 Å². The largest absolute Gasteiger partial charge is 0.329 e. The zero-order valence-electron chi connectivity index (χ0n) is 14.0. The van der Waals surface area contributed by atoms with Crippen molar-refractivity contribution < 1.29 is 0 Å². The zero-order chi connectivity index (χ0) is 14.7. The molecule has 0 aromatic rings. The molecule has 2 unspecified atom stereocenters. The molecule has 114 valence electrons. The molecule has 1 saturated heterocycles. The predicted octanol–water partition coefficient (Wildman–Crippen LogP) is 2.56. The highest BCUT2D eigenvalue weighted by molar-refractivity contribution is 4.97. The molecule has 0 bridgehead atoms. The fourth-order valence-corrected chi connectivity index (χ4v) is 3.24. The van der Waals surface area contributed by atoms with Crippen molar-refractivity contribution >= 4 is 0 Å². The van der Waals surface area contributed by atoms with E-state index >= 15 is 0 Å². The van der Waals surface area contributed by atoms with Crippen molar-refractivity contribution in [2.75, 3.05) is 33.2 Å². The summed E-state index contributed by atoms with van der Waals surface area (Å²) in [6.45, 7) is 16.0. The third-order valence-corrected chi connectivity index (χ3v) is 5.42. The lowest BCUT2D eigenvalue weighted by atomic mass is 9.81. The Morgan fingerprint density at radius 3 is 2.37 bits per heavy atom. The summed E-state index contributed by atoms with van der Waals surface area (Å²) in [5.74, 6) is 0. The molecule has 1 rings (SSSR count). The van der Waals surface area contributed by atoms with E-state index in [9.17, 15) is 0 Å². The molecule has 0 amide bonds. The Kier molecular flexibility index (Phi) is 5.84. The smallest absolute Gasteiger partial charge is 0.0344 e. The molecule has 3 nitrogen and oxygen atoms in total.